The molecule has 0 amide bonds. The molecule has 1 saturated heterocycles. The lowest BCUT2D eigenvalue weighted by atomic mass is 10.1. The molecule has 33 heavy (non-hydrogen) atoms. The number of rotatable bonds is 5. The van der Waals surface area contributed by atoms with Gasteiger partial charge in [0, 0.05) is 50.7 Å². The molecule has 8 heteroatoms. The van der Waals surface area contributed by atoms with E-state index in [1.807, 2.05) is 41.8 Å². The minimum atomic E-state index is -0.0171. The van der Waals surface area contributed by atoms with E-state index in [0.717, 1.165) is 66.1 Å². The molecule has 0 spiro atoms. The van der Waals surface area contributed by atoms with E-state index >= 15 is 0 Å². The van der Waals surface area contributed by atoms with Crippen LogP contribution in [0.15, 0.2) is 64.8 Å². The van der Waals surface area contributed by atoms with Gasteiger partial charge in [-0.1, -0.05) is 36.4 Å². The molecule has 0 bridgehead atoms. The highest BCUT2D eigenvalue weighted by Gasteiger charge is 2.20. The van der Waals surface area contributed by atoms with Crippen LogP contribution in [0.3, 0.4) is 0 Å². The van der Waals surface area contributed by atoms with Gasteiger partial charge in [0.25, 0.3) is 5.56 Å². The summed E-state index contributed by atoms with van der Waals surface area (Å²) in [5.74, 6) is 1.66. The van der Waals surface area contributed by atoms with E-state index in [-0.39, 0.29) is 5.56 Å². The minimum Gasteiger partial charge on any atom is -0.454 e. The lowest BCUT2D eigenvalue weighted by molar-refractivity contribution is 0.121. The number of hydrogen-bond acceptors (Lipinski definition) is 7. The Morgan fingerprint density at radius 1 is 0.879 bits per heavy atom. The van der Waals surface area contributed by atoms with Crippen molar-refractivity contribution in [1.82, 2.24) is 19.2 Å². The van der Waals surface area contributed by atoms with Gasteiger partial charge in [0.1, 0.15) is 0 Å². The van der Waals surface area contributed by atoms with Crippen LogP contribution in [0, 0.1) is 0 Å². The number of piperazine rings is 1. The van der Waals surface area contributed by atoms with Crippen LogP contribution in [0.2, 0.25) is 0 Å². The smallest absolute Gasteiger partial charge is 0.259 e. The van der Waals surface area contributed by atoms with Crippen LogP contribution < -0.4 is 15.0 Å². The predicted molar refractivity (Wildman–Crippen MR) is 128 cm³/mol. The van der Waals surface area contributed by atoms with E-state index in [0.29, 0.717) is 13.3 Å². The summed E-state index contributed by atoms with van der Waals surface area (Å²) in [6.45, 7) is 5.76. The molecule has 7 nitrogen and oxygen atoms in total. The minimum absolute atomic E-state index is 0.0171. The largest absolute Gasteiger partial charge is 0.454 e. The number of thiazole rings is 1. The van der Waals surface area contributed by atoms with E-state index in [9.17, 15) is 4.79 Å². The van der Waals surface area contributed by atoms with E-state index in [4.69, 9.17) is 14.5 Å². The van der Waals surface area contributed by atoms with E-state index in [1.165, 1.54) is 16.9 Å². The van der Waals surface area contributed by atoms with Crippen molar-refractivity contribution in [3.8, 4) is 22.8 Å². The van der Waals surface area contributed by atoms with Crippen molar-refractivity contribution in [1.29, 1.82) is 0 Å². The molecule has 2 aromatic heterocycles. The molecule has 4 aromatic rings. The maximum absolute atomic E-state index is 12.9. The monoisotopic (exact) mass is 460 g/mol. The second-order valence-corrected chi connectivity index (χ2v) is 9.27. The number of fused-ring (bicyclic) bond motifs is 2. The topological polar surface area (TPSA) is 59.3 Å². The van der Waals surface area contributed by atoms with Gasteiger partial charge in [0.05, 0.1) is 11.4 Å². The Balaban J connectivity index is 1.11. The molecule has 2 aromatic carbocycles. The lowest BCUT2D eigenvalue weighted by Crippen LogP contribution is -2.45. The highest BCUT2D eigenvalue weighted by Crippen LogP contribution is 2.33. The van der Waals surface area contributed by atoms with Crippen molar-refractivity contribution in [2.75, 3.05) is 33.0 Å². The summed E-state index contributed by atoms with van der Waals surface area (Å²) in [5, 5.41) is 2.01. The van der Waals surface area contributed by atoms with Crippen molar-refractivity contribution in [3.05, 3.63) is 81.6 Å². The van der Waals surface area contributed by atoms with Gasteiger partial charge < -0.3 is 9.47 Å². The summed E-state index contributed by atoms with van der Waals surface area (Å²) < 4.78 is 12.6. The van der Waals surface area contributed by atoms with Crippen molar-refractivity contribution >= 4 is 16.3 Å². The summed E-state index contributed by atoms with van der Waals surface area (Å²) >= 11 is 1.52. The van der Waals surface area contributed by atoms with Gasteiger partial charge in [-0.05, 0) is 23.3 Å². The van der Waals surface area contributed by atoms with Gasteiger partial charge in [0.15, 0.2) is 16.5 Å². The average molecular weight is 461 g/mol. The summed E-state index contributed by atoms with van der Waals surface area (Å²) in [5.41, 5.74) is 3.98. The first-order valence-corrected chi connectivity index (χ1v) is 12.0. The number of ether oxygens (including phenoxy) is 2. The summed E-state index contributed by atoms with van der Waals surface area (Å²) in [4.78, 5) is 23.3. The van der Waals surface area contributed by atoms with E-state index in [2.05, 4.69) is 21.9 Å². The third-order valence-electron chi connectivity index (χ3n) is 6.22. The van der Waals surface area contributed by atoms with Crippen LogP contribution in [0.1, 0.15) is 11.3 Å². The first-order valence-electron chi connectivity index (χ1n) is 11.1. The number of hydrogen-bond donors (Lipinski definition) is 0. The molecule has 0 radical (unpaired) electrons. The molecule has 6 rings (SSSR count). The molecule has 4 heterocycles. The summed E-state index contributed by atoms with van der Waals surface area (Å²) in [7, 11) is 0. The maximum atomic E-state index is 12.9. The van der Waals surface area contributed by atoms with Crippen molar-refractivity contribution in [2.24, 2.45) is 0 Å². The molecule has 0 aliphatic carbocycles. The van der Waals surface area contributed by atoms with E-state index in [1.54, 1.807) is 10.5 Å². The number of benzene rings is 2. The van der Waals surface area contributed by atoms with Gasteiger partial charge in [-0.2, -0.15) is 0 Å². The molecule has 0 atom stereocenters. The summed E-state index contributed by atoms with van der Waals surface area (Å²) in [6, 6.07) is 17.8. The zero-order valence-corrected chi connectivity index (χ0v) is 19.0. The van der Waals surface area contributed by atoms with Gasteiger partial charge in [-0.15, -0.1) is 11.3 Å². The molecule has 2 aliphatic rings. The van der Waals surface area contributed by atoms with Crippen LogP contribution in [0.25, 0.3) is 16.2 Å². The van der Waals surface area contributed by atoms with Crippen LogP contribution in [-0.4, -0.2) is 52.2 Å². The standard InChI is InChI=1S/C25H24N4O3S/c30-24-13-20(26-25-29(24)21(16-33-25)19-4-2-1-3-5-19)15-28-10-8-27(9-11-28)14-18-6-7-22-23(12-18)32-17-31-22/h1-7,12-13,16H,8-11,14-15,17H2. The first kappa shape index (κ1) is 20.4. The Kier molecular flexibility index (Phi) is 5.33. The zero-order chi connectivity index (χ0) is 22.2. The predicted octanol–water partition coefficient (Wildman–Crippen LogP) is 3.47. The third kappa shape index (κ3) is 4.13. The Morgan fingerprint density at radius 2 is 1.64 bits per heavy atom. The highest BCUT2D eigenvalue weighted by molar-refractivity contribution is 7.15. The fraction of sp³-hybridized carbons (Fsp3) is 0.280. The molecule has 1 fully saturated rings. The van der Waals surface area contributed by atoms with E-state index < -0.39 is 0 Å². The van der Waals surface area contributed by atoms with Crippen LogP contribution in [0.4, 0.5) is 0 Å². The molecule has 0 N–H and O–H groups in total. The molecule has 168 valence electrons. The van der Waals surface area contributed by atoms with Gasteiger partial charge in [-0.3, -0.25) is 19.0 Å². The lowest BCUT2D eigenvalue weighted by Gasteiger charge is -2.34. The molecular formula is C25H24N4O3S. The fourth-order valence-corrected chi connectivity index (χ4v) is 5.41. The Morgan fingerprint density at radius 3 is 2.45 bits per heavy atom. The van der Waals surface area contributed by atoms with Crippen molar-refractivity contribution in [2.45, 2.75) is 13.1 Å². The van der Waals surface area contributed by atoms with Crippen LogP contribution in [0.5, 0.6) is 11.5 Å². The molecule has 0 unspecified atom stereocenters. The number of nitrogens with zero attached hydrogens (tertiary/aromatic N) is 4. The van der Waals surface area contributed by atoms with Crippen LogP contribution >= 0.6 is 11.3 Å². The highest BCUT2D eigenvalue weighted by atomic mass is 32.1. The Hall–Kier alpha value is -3.20. The third-order valence-corrected chi connectivity index (χ3v) is 7.05. The quantitative estimate of drug-likeness (QED) is 0.455. The Bertz CT molecular complexity index is 1340. The van der Waals surface area contributed by atoms with Crippen LogP contribution in [-0.2, 0) is 13.1 Å². The number of aromatic nitrogens is 2. The summed E-state index contributed by atoms with van der Waals surface area (Å²) in [6.07, 6.45) is 0. The SMILES string of the molecule is O=c1cc(CN2CCN(Cc3ccc4c(c3)OCO4)CC2)nc2scc(-c3ccccc3)n12. The zero-order valence-electron chi connectivity index (χ0n) is 18.1. The second kappa shape index (κ2) is 8.62. The molecule has 2 aliphatic heterocycles. The van der Waals surface area contributed by atoms with Gasteiger partial charge in [-0.25, -0.2) is 4.98 Å². The van der Waals surface area contributed by atoms with Gasteiger partial charge in [0.2, 0.25) is 6.79 Å². The average Bonchev–Trinajstić information content (AvgIpc) is 3.48. The van der Waals surface area contributed by atoms with Gasteiger partial charge >= 0.3 is 0 Å². The van der Waals surface area contributed by atoms with Crippen molar-refractivity contribution in [3.63, 3.8) is 0 Å². The molecule has 0 saturated carbocycles. The molecular weight excluding hydrogens is 436 g/mol. The first-order chi connectivity index (χ1) is 16.2. The Labute approximate surface area is 195 Å². The fourth-order valence-electron chi connectivity index (χ4n) is 4.49. The maximum Gasteiger partial charge on any atom is 0.259 e. The normalized spacial score (nSPS) is 16.5. The second-order valence-electron chi connectivity index (χ2n) is 8.43. The van der Waals surface area contributed by atoms with Crippen molar-refractivity contribution < 1.29 is 9.47 Å².